The lowest BCUT2D eigenvalue weighted by Gasteiger charge is -2.35. The number of nitrogens with zero attached hydrogens (tertiary/aromatic N) is 2. The Balaban J connectivity index is 1.65. The summed E-state index contributed by atoms with van der Waals surface area (Å²) in [5, 5.41) is 0. The van der Waals surface area contributed by atoms with Crippen LogP contribution >= 0.6 is 0 Å². The van der Waals surface area contributed by atoms with E-state index in [0.717, 1.165) is 19.2 Å². The number of rotatable bonds is 3. The Morgan fingerprint density at radius 3 is 2.78 bits per heavy atom. The minimum atomic E-state index is 0.392. The normalized spacial score (nSPS) is 36.5. The van der Waals surface area contributed by atoms with Crippen molar-refractivity contribution in [3.05, 3.63) is 0 Å². The summed E-state index contributed by atoms with van der Waals surface area (Å²) < 4.78 is 5.88. The SMILES string of the molecule is NCC(C1CCCO1)N1CCCN2CCCC2C1. The van der Waals surface area contributed by atoms with E-state index in [1.165, 1.54) is 58.3 Å². The van der Waals surface area contributed by atoms with Crippen LogP contribution in [0.25, 0.3) is 0 Å². The molecule has 0 amide bonds. The quantitative estimate of drug-likeness (QED) is 0.802. The van der Waals surface area contributed by atoms with Gasteiger partial charge in [-0.05, 0) is 51.7 Å². The molecule has 0 radical (unpaired) electrons. The molecular formula is C14H27N3O. The molecular weight excluding hydrogens is 226 g/mol. The van der Waals surface area contributed by atoms with Crippen molar-refractivity contribution < 1.29 is 4.74 Å². The van der Waals surface area contributed by atoms with E-state index in [9.17, 15) is 0 Å². The van der Waals surface area contributed by atoms with Crippen LogP contribution in [0.2, 0.25) is 0 Å². The van der Waals surface area contributed by atoms with Crippen LogP contribution in [0.15, 0.2) is 0 Å². The van der Waals surface area contributed by atoms with Crippen molar-refractivity contribution in [2.45, 2.75) is 50.3 Å². The molecule has 3 aliphatic heterocycles. The van der Waals surface area contributed by atoms with Crippen LogP contribution < -0.4 is 5.73 Å². The summed E-state index contributed by atoms with van der Waals surface area (Å²) in [7, 11) is 0. The van der Waals surface area contributed by atoms with Crippen LogP contribution in [0.5, 0.6) is 0 Å². The molecule has 4 nitrogen and oxygen atoms in total. The van der Waals surface area contributed by atoms with Crippen molar-refractivity contribution in [2.75, 3.05) is 39.3 Å². The third-order valence-corrected chi connectivity index (χ3v) is 4.94. The minimum Gasteiger partial charge on any atom is -0.377 e. The summed E-state index contributed by atoms with van der Waals surface area (Å²) in [6.45, 7) is 6.69. The average molecular weight is 253 g/mol. The zero-order valence-corrected chi connectivity index (χ0v) is 11.4. The topological polar surface area (TPSA) is 41.7 Å². The van der Waals surface area contributed by atoms with Crippen LogP contribution in [0.4, 0.5) is 0 Å². The van der Waals surface area contributed by atoms with Crippen molar-refractivity contribution in [1.29, 1.82) is 0 Å². The first kappa shape index (κ1) is 12.9. The first-order valence-corrected chi connectivity index (χ1v) is 7.68. The van der Waals surface area contributed by atoms with Crippen molar-refractivity contribution in [3.63, 3.8) is 0 Å². The Kier molecular flexibility index (Phi) is 4.19. The van der Waals surface area contributed by atoms with E-state index in [2.05, 4.69) is 9.80 Å². The average Bonchev–Trinajstić information content (AvgIpc) is 3.00. The molecule has 3 heterocycles. The fourth-order valence-corrected chi connectivity index (χ4v) is 3.98. The third-order valence-electron chi connectivity index (χ3n) is 4.94. The molecule has 0 bridgehead atoms. The van der Waals surface area contributed by atoms with Crippen LogP contribution in [-0.4, -0.2) is 67.3 Å². The molecule has 18 heavy (non-hydrogen) atoms. The van der Waals surface area contributed by atoms with E-state index < -0.39 is 0 Å². The summed E-state index contributed by atoms with van der Waals surface area (Å²) in [5.74, 6) is 0. The number of ether oxygens (including phenoxy) is 1. The van der Waals surface area contributed by atoms with E-state index in [-0.39, 0.29) is 0 Å². The number of fused-ring (bicyclic) bond motifs is 1. The molecule has 3 saturated heterocycles. The molecule has 0 saturated carbocycles. The lowest BCUT2D eigenvalue weighted by molar-refractivity contribution is 0.0247. The maximum atomic E-state index is 6.04. The smallest absolute Gasteiger partial charge is 0.0743 e. The van der Waals surface area contributed by atoms with Gasteiger partial charge < -0.3 is 10.5 Å². The van der Waals surface area contributed by atoms with E-state index in [0.29, 0.717) is 12.1 Å². The molecule has 3 atom stereocenters. The maximum absolute atomic E-state index is 6.04. The standard InChI is InChI=1S/C14H27N3O/c15-10-13(14-5-2-9-18-14)17-8-3-7-16-6-1-4-12(16)11-17/h12-14H,1-11,15H2. The zero-order valence-electron chi connectivity index (χ0n) is 11.4. The molecule has 4 heteroatoms. The lowest BCUT2D eigenvalue weighted by atomic mass is 10.0. The highest BCUT2D eigenvalue weighted by molar-refractivity contribution is 4.91. The van der Waals surface area contributed by atoms with Crippen LogP contribution in [0.3, 0.4) is 0 Å². The first-order chi connectivity index (χ1) is 8.88. The van der Waals surface area contributed by atoms with Crippen molar-refractivity contribution in [2.24, 2.45) is 5.73 Å². The number of nitrogens with two attached hydrogens (primary N) is 1. The van der Waals surface area contributed by atoms with E-state index in [4.69, 9.17) is 10.5 Å². The summed E-state index contributed by atoms with van der Waals surface area (Å²) in [6, 6.07) is 1.23. The zero-order chi connectivity index (χ0) is 12.4. The first-order valence-electron chi connectivity index (χ1n) is 7.68. The molecule has 104 valence electrons. The van der Waals surface area contributed by atoms with Gasteiger partial charge in [0.2, 0.25) is 0 Å². The molecule has 0 aromatic carbocycles. The van der Waals surface area contributed by atoms with Crippen molar-refractivity contribution in [1.82, 2.24) is 9.80 Å². The number of hydrogen-bond donors (Lipinski definition) is 1. The molecule has 0 aromatic rings. The molecule has 3 rings (SSSR count). The van der Waals surface area contributed by atoms with E-state index in [1.54, 1.807) is 0 Å². The van der Waals surface area contributed by atoms with Crippen LogP contribution in [0, 0.1) is 0 Å². The van der Waals surface area contributed by atoms with E-state index >= 15 is 0 Å². The highest BCUT2D eigenvalue weighted by atomic mass is 16.5. The molecule has 3 fully saturated rings. The molecule has 2 N–H and O–H groups in total. The summed E-state index contributed by atoms with van der Waals surface area (Å²) in [5.41, 5.74) is 6.04. The predicted octanol–water partition coefficient (Wildman–Crippen LogP) is 0.663. The number of hydrogen-bond acceptors (Lipinski definition) is 4. The van der Waals surface area contributed by atoms with Gasteiger partial charge in [-0.3, -0.25) is 9.80 Å². The largest absolute Gasteiger partial charge is 0.377 e. The minimum absolute atomic E-state index is 0.392. The van der Waals surface area contributed by atoms with Gasteiger partial charge in [0.05, 0.1) is 6.10 Å². The van der Waals surface area contributed by atoms with Crippen LogP contribution in [-0.2, 0) is 4.74 Å². The third kappa shape index (κ3) is 2.57. The van der Waals surface area contributed by atoms with Gasteiger partial charge in [-0.15, -0.1) is 0 Å². The molecule has 0 aliphatic carbocycles. The molecule has 3 aliphatic rings. The predicted molar refractivity (Wildman–Crippen MR) is 72.6 cm³/mol. The fourth-order valence-electron chi connectivity index (χ4n) is 3.98. The van der Waals surface area contributed by atoms with Gasteiger partial charge in [0.25, 0.3) is 0 Å². The maximum Gasteiger partial charge on any atom is 0.0743 e. The Labute approximate surface area is 110 Å². The highest BCUT2D eigenvalue weighted by Gasteiger charge is 2.35. The molecule has 0 aromatic heterocycles. The Bertz CT molecular complexity index is 268. The van der Waals surface area contributed by atoms with Gasteiger partial charge in [-0.1, -0.05) is 0 Å². The summed E-state index contributed by atoms with van der Waals surface area (Å²) in [4.78, 5) is 5.31. The Hall–Kier alpha value is -0.160. The van der Waals surface area contributed by atoms with Gasteiger partial charge in [0, 0.05) is 31.8 Å². The van der Waals surface area contributed by atoms with Gasteiger partial charge in [-0.2, -0.15) is 0 Å². The van der Waals surface area contributed by atoms with Crippen molar-refractivity contribution >= 4 is 0 Å². The Morgan fingerprint density at radius 2 is 2.00 bits per heavy atom. The summed E-state index contributed by atoms with van der Waals surface area (Å²) >= 11 is 0. The Morgan fingerprint density at radius 1 is 1.11 bits per heavy atom. The second kappa shape index (κ2) is 5.87. The lowest BCUT2D eigenvalue weighted by Crippen LogP contribution is -2.51. The van der Waals surface area contributed by atoms with Gasteiger partial charge >= 0.3 is 0 Å². The van der Waals surface area contributed by atoms with Gasteiger partial charge in [0.1, 0.15) is 0 Å². The fraction of sp³-hybridized carbons (Fsp3) is 1.00. The van der Waals surface area contributed by atoms with Crippen molar-refractivity contribution in [3.8, 4) is 0 Å². The monoisotopic (exact) mass is 253 g/mol. The van der Waals surface area contributed by atoms with Crippen LogP contribution in [0.1, 0.15) is 32.1 Å². The highest BCUT2D eigenvalue weighted by Crippen LogP contribution is 2.25. The van der Waals surface area contributed by atoms with Gasteiger partial charge in [0.15, 0.2) is 0 Å². The second-order valence-corrected chi connectivity index (χ2v) is 6.04. The molecule has 0 spiro atoms. The second-order valence-electron chi connectivity index (χ2n) is 6.04. The van der Waals surface area contributed by atoms with Gasteiger partial charge in [-0.25, -0.2) is 0 Å². The van der Waals surface area contributed by atoms with E-state index in [1.807, 2.05) is 0 Å². The summed E-state index contributed by atoms with van der Waals surface area (Å²) in [6.07, 6.45) is 6.85. The molecule has 3 unspecified atom stereocenters.